The van der Waals surface area contributed by atoms with Crippen LogP contribution in [0.25, 0.3) is 5.69 Å². The molecule has 3 aromatic rings. The zero-order valence-electron chi connectivity index (χ0n) is 14.9. The molecule has 0 aliphatic rings. The van der Waals surface area contributed by atoms with E-state index in [4.69, 9.17) is 4.74 Å². The van der Waals surface area contributed by atoms with Gasteiger partial charge in [-0.15, -0.1) is 0 Å². The number of aromatic nitrogens is 2. The fourth-order valence-electron chi connectivity index (χ4n) is 2.71. The molecule has 26 heavy (non-hydrogen) atoms. The van der Waals surface area contributed by atoms with Crippen molar-refractivity contribution in [2.24, 2.45) is 0 Å². The van der Waals surface area contributed by atoms with Crippen molar-refractivity contribution >= 4 is 21.8 Å². The summed E-state index contributed by atoms with van der Waals surface area (Å²) in [5, 5.41) is 7.29. The first-order chi connectivity index (χ1) is 12.5. The second-order valence-electron chi connectivity index (χ2n) is 6.02. The summed E-state index contributed by atoms with van der Waals surface area (Å²) in [6.45, 7) is 3.94. The molecule has 0 aliphatic heterocycles. The van der Waals surface area contributed by atoms with Gasteiger partial charge in [0, 0.05) is 17.5 Å². The number of carbonyl (C=O) groups is 1. The molecule has 0 radical (unpaired) electrons. The van der Waals surface area contributed by atoms with Crippen molar-refractivity contribution in [2.45, 2.75) is 19.9 Å². The van der Waals surface area contributed by atoms with Crippen molar-refractivity contribution in [1.82, 2.24) is 15.1 Å². The third kappa shape index (κ3) is 3.80. The lowest BCUT2D eigenvalue weighted by atomic mass is 10.1. The largest absolute Gasteiger partial charge is 0.496 e. The fourth-order valence-corrected chi connectivity index (χ4v) is 3.27. The minimum absolute atomic E-state index is 0.117. The van der Waals surface area contributed by atoms with Crippen LogP contribution in [0.1, 0.15) is 34.6 Å². The van der Waals surface area contributed by atoms with Crippen molar-refractivity contribution in [3.05, 3.63) is 76.0 Å². The highest BCUT2D eigenvalue weighted by Gasteiger charge is 2.13. The van der Waals surface area contributed by atoms with Gasteiger partial charge in [-0.25, -0.2) is 4.68 Å². The van der Waals surface area contributed by atoms with Gasteiger partial charge in [0.15, 0.2) is 0 Å². The second-order valence-corrected chi connectivity index (χ2v) is 6.87. The highest BCUT2D eigenvalue weighted by molar-refractivity contribution is 9.10. The van der Waals surface area contributed by atoms with Gasteiger partial charge in [-0.2, -0.15) is 5.10 Å². The Labute approximate surface area is 161 Å². The summed E-state index contributed by atoms with van der Waals surface area (Å²) in [6, 6.07) is 15.0. The van der Waals surface area contributed by atoms with Crippen molar-refractivity contribution in [3.8, 4) is 11.4 Å². The summed E-state index contributed by atoms with van der Waals surface area (Å²) < 4.78 is 7.93. The molecule has 0 fully saturated rings. The molecule has 1 N–H and O–H groups in total. The Hall–Kier alpha value is -2.60. The van der Waals surface area contributed by atoms with Crippen molar-refractivity contribution in [1.29, 1.82) is 0 Å². The molecule has 1 aromatic heterocycles. The summed E-state index contributed by atoms with van der Waals surface area (Å²) in [6.07, 6.45) is 1.75. The zero-order chi connectivity index (χ0) is 18.7. The Balaban J connectivity index is 1.71. The van der Waals surface area contributed by atoms with Crippen LogP contribution >= 0.6 is 15.9 Å². The molecule has 1 heterocycles. The minimum atomic E-state index is -0.127. The van der Waals surface area contributed by atoms with E-state index in [9.17, 15) is 4.79 Å². The zero-order valence-corrected chi connectivity index (χ0v) is 16.4. The van der Waals surface area contributed by atoms with Gasteiger partial charge in [-0.1, -0.05) is 6.07 Å². The van der Waals surface area contributed by atoms with Crippen molar-refractivity contribution in [2.75, 3.05) is 7.11 Å². The highest BCUT2D eigenvalue weighted by atomic mass is 79.9. The maximum absolute atomic E-state index is 12.5. The molecule has 6 heteroatoms. The van der Waals surface area contributed by atoms with Crippen LogP contribution in [0, 0.1) is 6.92 Å². The van der Waals surface area contributed by atoms with E-state index in [0.29, 0.717) is 5.56 Å². The lowest BCUT2D eigenvalue weighted by Gasteiger charge is -2.16. The Bertz CT molecular complexity index is 919. The number of halogens is 1. The molecular weight excluding hydrogens is 394 g/mol. The summed E-state index contributed by atoms with van der Waals surface area (Å²) in [4.78, 5) is 12.5. The maximum atomic E-state index is 12.5. The van der Waals surface area contributed by atoms with Crippen LogP contribution in [0.15, 0.2) is 59.2 Å². The van der Waals surface area contributed by atoms with E-state index in [0.717, 1.165) is 27.2 Å². The number of amides is 1. The number of ether oxygens (including phenoxy) is 1. The smallest absolute Gasteiger partial charge is 0.251 e. The molecule has 0 saturated heterocycles. The highest BCUT2D eigenvalue weighted by Crippen LogP contribution is 2.28. The maximum Gasteiger partial charge on any atom is 0.251 e. The van der Waals surface area contributed by atoms with Gasteiger partial charge in [-0.05, 0) is 77.8 Å². The Morgan fingerprint density at radius 2 is 1.92 bits per heavy atom. The predicted octanol–water partition coefficient (Wildman–Crippen LogP) is 4.44. The molecule has 3 rings (SSSR count). The SMILES string of the molecule is COc1ccc([C@H](C)NC(=O)c2ccc(-n3nccc3C)cc2)cc1Br. The molecule has 134 valence electrons. The van der Waals surface area contributed by atoms with Gasteiger partial charge in [0.1, 0.15) is 5.75 Å². The average molecular weight is 414 g/mol. The molecule has 0 aliphatic carbocycles. The predicted molar refractivity (Wildman–Crippen MR) is 105 cm³/mol. The van der Waals surface area contributed by atoms with E-state index >= 15 is 0 Å². The van der Waals surface area contributed by atoms with Gasteiger partial charge in [0.25, 0.3) is 5.91 Å². The lowest BCUT2D eigenvalue weighted by Crippen LogP contribution is -2.26. The number of methoxy groups -OCH3 is 1. The number of hydrogen-bond donors (Lipinski definition) is 1. The van der Waals surface area contributed by atoms with E-state index in [1.807, 2.05) is 67.1 Å². The summed E-state index contributed by atoms with van der Waals surface area (Å²) in [5.41, 5.74) is 3.57. The van der Waals surface area contributed by atoms with E-state index in [2.05, 4.69) is 26.3 Å². The van der Waals surface area contributed by atoms with E-state index < -0.39 is 0 Å². The van der Waals surface area contributed by atoms with Crippen LogP contribution < -0.4 is 10.1 Å². The number of rotatable bonds is 5. The first kappa shape index (κ1) is 18.2. The molecule has 1 amide bonds. The van der Waals surface area contributed by atoms with Crippen LogP contribution in [0.5, 0.6) is 5.75 Å². The van der Waals surface area contributed by atoms with E-state index in [-0.39, 0.29) is 11.9 Å². The molecule has 1 atom stereocenters. The number of benzene rings is 2. The monoisotopic (exact) mass is 413 g/mol. The Kier molecular flexibility index (Phi) is 5.42. The standard InChI is InChI=1S/C20H20BrN3O2/c1-13-10-11-22-24(13)17-7-4-15(5-8-17)20(25)23-14(2)16-6-9-19(26-3)18(21)12-16/h4-12,14H,1-3H3,(H,23,25)/t14-/m0/s1. The molecule has 0 spiro atoms. The van der Waals surface area contributed by atoms with Crippen LogP contribution in [0.3, 0.4) is 0 Å². The molecule has 0 unspecified atom stereocenters. The normalized spacial score (nSPS) is 11.8. The molecule has 5 nitrogen and oxygen atoms in total. The molecular formula is C20H20BrN3O2. The Morgan fingerprint density at radius 1 is 1.19 bits per heavy atom. The van der Waals surface area contributed by atoms with E-state index in [1.165, 1.54) is 0 Å². The minimum Gasteiger partial charge on any atom is -0.496 e. The van der Waals surface area contributed by atoms with Crippen molar-refractivity contribution in [3.63, 3.8) is 0 Å². The van der Waals surface area contributed by atoms with Crippen LogP contribution in [0.4, 0.5) is 0 Å². The van der Waals surface area contributed by atoms with Crippen molar-refractivity contribution < 1.29 is 9.53 Å². The molecule has 0 saturated carbocycles. The van der Waals surface area contributed by atoms with E-state index in [1.54, 1.807) is 13.3 Å². The lowest BCUT2D eigenvalue weighted by molar-refractivity contribution is 0.0940. The quantitative estimate of drug-likeness (QED) is 0.672. The first-order valence-corrected chi connectivity index (χ1v) is 9.04. The Morgan fingerprint density at radius 3 is 2.50 bits per heavy atom. The average Bonchev–Trinajstić information content (AvgIpc) is 3.07. The summed E-state index contributed by atoms with van der Waals surface area (Å²) in [5.74, 6) is 0.643. The number of nitrogens with zero attached hydrogens (tertiary/aromatic N) is 2. The number of aryl methyl sites for hydroxylation is 1. The third-order valence-corrected chi connectivity index (χ3v) is 4.85. The molecule has 0 bridgehead atoms. The van der Waals surface area contributed by atoms with Gasteiger partial charge in [0.2, 0.25) is 0 Å². The summed E-state index contributed by atoms with van der Waals surface area (Å²) >= 11 is 3.47. The van der Waals surface area contributed by atoms with Crippen LogP contribution in [-0.4, -0.2) is 22.8 Å². The summed E-state index contributed by atoms with van der Waals surface area (Å²) in [7, 11) is 1.62. The number of nitrogens with one attached hydrogen (secondary N) is 1. The fraction of sp³-hybridized carbons (Fsp3) is 0.200. The van der Waals surface area contributed by atoms with Crippen LogP contribution in [0.2, 0.25) is 0 Å². The third-order valence-electron chi connectivity index (χ3n) is 4.23. The van der Waals surface area contributed by atoms with Gasteiger partial charge in [-0.3, -0.25) is 4.79 Å². The molecule has 2 aromatic carbocycles. The van der Waals surface area contributed by atoms with Gasteiger partial charge >= 0.3 is 0 Å². The number of carbonyl (C=O) groups excluding carboxylic acids is 1. The van der Waals surface area contributed by atoms with Crippen LogP contribution in [-0.2, 0) is 0 Å². The van der Waals surface area contributed by atoms with Gasteiger partial charge in [0.05, 0.1) is 23.3 Å². The second kappa shape index (κ2) is 7.74. The topological polar surface area (TPSA) is 56.1 Å². The first-order valence-electron chi connectivity index (χ1n) is 8.25. The van der Waals surface area contributed by atoms with Gasteiger partial charge < -0.3 is 10.1 Å². The number of hydrogen-bond acceptors (Lipinski definition) is 3.